The van der Waals surface area contributed by atoms with Crippen molar-refractivity contribution in [2.24, 2.45) is 0 Å². The van der Waals surface area contributed by atoms with E-state index in [1.807, 2.05) is 27.3 Å². The van der Waals surface area contributed by atoms with E-state index in [0.29, 0.717) is 27.0 Å². The van der Waals surface area contributed by atoms with E-state index in [-0.39, 0.29) is 25.7 Å². The van der Waals surface area contributed by atoms with Gasteiger partial charge in [0.05, 0.1) is 15.8 Å². The number of halogens is 7. The van der Waals surface area contributed by atoms with Gasteiger partial charge >= 0.3 is 6.29 Å². The van der Waals surface area contributed by atoms with Crippen LogP contribution >= 0.6 is 50.1 Å². The maximum Gasteiger partial charge on any atom is 0.586 e. The van der Waals surface area contributed by atoms with E-state index in [4.69, 9.17) is 11.6 Å². The summed E-state index contributed by atoms with van der Waals surface area (Å²) >= 11 is 10.9. The summed E-state index contributed by atoms with van der Waals surface area (Å²) in [7, 11) is -8.19. The first-order valence-electron chi connectivity index (χ1n) is 13.0. The van der Waals surface area contributed by atoms with E-state index < -0.39 is 49.4 Å². The van der Waals surface area contributed by atoms with E-state index in [0.717, 1.165) is 21.8 Å². The van der Waals surface area contributed by atoms with Crippen LogP contribution in [0.5, 0.6) is 11.5 Å². The van der Waals surface area contributed by atoms with Crippen molar-refractivity contribution in [3.05, 3.63) is 97.9 Å². The molecule has 250 valence electrons. The Labute approximate surface area is 295 Å². The number of ether oxygens (including phenoxy) is 2. The van der Waals surface area contributed by atoms with Crippen LogP contribution in [-0.2, 0) is 20.0 Å². The molecule has 1 aliphatic rings. The first kappa shape index (κ1) is 34.1. The highest BCUT2D eigenvalue weighted by atomic mass is 127. The molecule has 1 aliphatic heterocycles. The second-order valence-electron chi connectivity index (χ2n) is 9.80. The average molecular weight is 901 g/mol. The number of nitrogens with one attached hydrogen (secondary N) is 4. The van der Waals surface area contributed by atoms with Gasteiger partial charge in [-0.15, -0.1) is 8.78 Å². The van der Waals surface area contributed by atoms with Crippen LogP contribution in [0, 0.1) is 15.2 Å². The Bertz CT molecular complexity index is 2470. The van der Waals surface area contributed by atoms with Crippen LogP contribution in [-0.4, -0.2) is 38.1 Å². The Morgan fingerprint density at radius 1 is 0.833 bits per heavy atom. The summed E-state index contributed by atoms with van der Waals surface area (Å²) in [4.78, 5) is 9.46. The fraction of sp³-hybridized carbons (Fsp3) is 0.0357. The van der Waals surface area contributed by atoms with Gasteiger partial charge in [0.25, 0.3) is 20.0 Å². The van der Waals surface area contributed by atoms with Crippen molar-refractivity contribution in [2.45, 2.75) is 16.1 Å². The van der Waals surface area contributed by atoms with Crippen molar-refractivity contribution in [3.8, 4) is 11.5 Å². The molecule has 11 nitrogen and oxygen atoms in total. The van der Waals surface area contributed by atoms with Crippen molar-refractivity contribution < 1.29 is 43.9 Å². The predicted octanol–water partition coefficient (Wildman–Crippen LogP) is 7.95. The van der Waals surface area contributed by atoms with Gasteiger partial charge < -0.3 is 19.4 Å². The number of pyridine rings is 1. The molecule has 0 atom stereocenters. The smallest absolute Gasteiger partial charge is 0.394 e. The second kappa shape index (κ2) is 12.6. The van der Waals surface area contributed by atoms with Crippen LogP contribution in [0.3, 0.4) is 0 Å². The van der Waals surface area contributed by atoms with Crippen LogP contribution in [0.15, 0.2) is 87.5 Å². The SMILES string of the molecule is O=S(=O)(Nc1cc(F)ccc1F)c1c[nH]c2ncc(I)cc12.O=S(=O)(Nc1ccc(Br)c2c1OC(F)(F)O2)c1c[nH]c2cc(Cl)ccc12. The fourth-order valence-electron chi connectivity index (χ4n) is 4.52. The number of sulfonamides is 2. The van der Waals surface area contributed by atoms with E-state index in [1.54, 1.807) is 30.5 Å². The topological polar surface area (TPSA) is 155 Å². The molecule has 0 fully saturated rings. The van der Waals surface area contributed by atoms with Crippen LogP contribution in [0.2, 0.25) is 5.02 Å². The number of alkyl halides is 2. The third kappa shape index (κ3) is 6.86. The van der Waals surface area contributed by atoms with Crippen molar-refractivity contribution in [2.75, 3.05) is 9.44 Å². The van der Waals surface area contributed by atoms with Gasteiger partial charge in [0.2, 0.25) is 0 Å². The zero-order valence-corrected chi connectivity index (χ0v) is 29.4. The summed E-state index contributed by atoms with van der Waals surface area (Å²) < 4.78 is 118. The summed E-state index contributed by atoms with van der Waals surface area (Å²) in [6.07, 6.45) is 0.237. The quantitative estimate of drug-likeness (QED) is 0.0978. The minimum Gasteiger partial charge on any atom is -0.394 e. The molecule has 48 heavy (non-hydrogen) atoms. The summed E-state index contributed by atoms with van der Waals surface area (Å²) in [5.74, 6) is -2.30. The van der Waals surface area contributed by atoms with E-state index in [2.05, 4.69) is 45.1 Å². The standard InChI is InChI=1S/C15H8BrClF2N2O4S.C13H8F2IN3O2S/c16-9-3-4-10(14-13(9)24-15(18,19)25-14)21-26(22,23)12-6-20-11-5-7(17)1-2-8(11)12;14-7-1-2-10(15)11(3-7)19-22(20,21)12-6-18-13-9(12)4-8(16)5-17-13/h1-6,20-21H;1-6,19H,(H,17,18). The Kier molecular flexibility index (Phi) is 8.94. The van der Waals surface area contributed by atoms with Crippen LogP contribution in [0.1, 0.15) is 0 Å². The molecule has 7 rings (SSSR count). The normalized spacial score (nSPS) is 13.7. The molecule has 20 heteroatoms. The highest BCUT2D eigenvalue weighted by molar-refractivity contribution is 14.1. The number of nitrogens with zero attached hydrogens (tertiary/aromatic N) is 1. The zero-order valence-electron chi connectivity index (χ0n) is 23.3. The molecule has 6 aromatic rings. The van der Waals surface area contributed by atoms with Gasteiger partial charge in [0.1, 0.15) is 27.1 Å². The van der Waals surface area contributed by atoms with E-state index in [1.165, 1.54) is 24.5 Å². The Morgan fingerprint density at radius 2 is 1.50 bits per heavy atom. The lowest BCUT2D eigenvalue weighted by Gasteiger charge is -2.10. The van der Waals surface area contributed by atoms with Gasteiger partial charge in [-0.05, 0) is 87.1 Å². The fourth-order valence-corrected chi connectivity index (χ4v) is 7.99. The molecular weight excluding hydrogens is 885 g/mol. The van der Waals surface area contributed by atoms with Crippen molar-refractivity contribution in [1.82, 2.24) is 15.0 Å². The number of H-pyrrole nitrogens is 2. The molecule has 0 bridgehead atoms. The highest BCUT2D eigenvalue weighted by Gasteiger charge is 2.46. The van der Waals surface area contributed by atoms with Gasteiger partial charge in [0.15, 0.2) is 11.5 Å². The lowest BCUT2D eigenvalue weighted by molar-refractivity contribution is -0.286. The number of aromatic amines is 2. The van der Waals surface area contributed by atoms with Gasteiger partial charge in [-0.3, -0.25) is 9.44 Å². The van der Waals surface area contributed by atoms with E-state index >= 15 is 0 Å². The monoisotopic (exact) mass is 899 g/mol. The Morgan fingerprint density at radius 3 is 2.25 bits per heavy atom. The van der Waals surface area contributed by atoms with Crippen molar-refractivity contribution >= 4 is 103 Å². The summed E-state index contributed by atoms with van der Waals surface area (Å²) in [5.41, 5.74) is 0.280. The van der Waals surface area contributed by atoms with E-state index in [9.17, 15) is 34.4 Å². The third-order valence-electron chi connectivity index (χ3n) is 6.57. The maximum atomic E-state index is 13.6. The molecule has 3 aromatic carbocycles. The molecule has 4 heterocycles. The first-order chi connectivity index (χ1) is 22.5. The van der Waals surface area contributed by atoms with Crippen molar-refractivity contribution in [1.29, 1.82) is 0 Å². The number of anilines is 2. The first-order valence-corrected chi connectivity index (χ1v) is 18.2. The number of benzene rings is 3. The number of hydrogen-bond acceptors (Lipinski definition) is 7. The van der Waals surface area contributed by atoms with Gasteiger partial charge in [-0.25, -0.2) is 30.6 Å². The summed E-state index contributed by atoms with van der Waals surface area (Å²) in [6, 6.07) is 11.5. The highest BCUT2D eigenvalue weighted by Crippen LogP contribution is 2.50. The summed E-state index contributed by atoms with van der Waals surface area (Å²) in [5, 5.41) is 1.21. The van der Waals surface area contributed by atoms with Gasteiger partial charge in [0, 0.05) is 49.5 Å². The second-order valence-corrected chi connectivity index (χ2v) is 15.6. The maximum absolute atomic E-state index is 13.6. The molecule has 0 radical (unpaired) electrons. The van der Waals surface area contributed by atoms with Crippen LogP contribution in [0.4, 0.5) is 28.9 Å². The molecule has 4 N–H and O–H groups in total. The zero-order chi connectivity index (χ0) is 34.6. The molecular formula is C28H16BrClF4IN5O6S2. The average Bonchev–Trinajstić information content (AvgIpc) is 3.71. The molecule has 0 spiro atoms. The Hall–Kier alpha value is -3.79. The molecule has 0 aliphatic carbocycles. The number of aromatic nitrogens is 3. The minimum absolute atomic E-state index is 0.0634. The van der Waals surface area contributed by atoms with Crippen molar-refractivity contribution in [3.63, 3.8) is 0 Å². The van der Waals surface area contributed by atoms with Gasteiger partial charge in [-0.2, -0.15) is 0 Å². The lowest BCUT2D eigenvalue weighted by atomic mass is 10.2. The number of hydrogen-bond donors (Lipinski definition) is 4. The molecule has 3 aromatic heterocycles. The number of fused-ring (bicyclic) bond motifs is 3. The molecule has 0 unspecified atom stereocenters. The number of rotatable bonds is 6. The summed E-state index contributed by atoms with van der Waals surface area (Å²) in [6.45, 7) is 0. The Balaban J connectivity index is 0.000000170. The molecule has 0 saturated heterocycles. The van der Waals surface area contributed by atoms with Crippen LogP contribution < -0.4 is 18.9 Å². The van der Waals surface area contributed by atoms with Gasteiger partial charge in [-0.1, -0.05) is 11.6 Å². The lowest BCUT2D eigenvalue weighted by Crippen LogP contribution is -2.26. The third-order valence-corrected chi connectivity index (χ3v) is 10.8. The molecule has 0 saturated carbocycles. The minimum atomic E-state index is -4.10. The molecule has 0 amide bonds. The predicted molar refractivity (Wildman–Crippen MR) is 180 cm³/mol. The largest absolute Gasteiger partial charge is 0.586 e. The van der Waals surface area contributed by atoms with Crippen LogP contribution in [0.25, 0.3) is 21.9 Å².